The van der Waals surface area contributed by atoms with Crippen molar-refractivity contribution >= 4 is 5.91 Å². The van der Waals surface area contributed by atoms with Crippen LogP contribution in [0.4, 0.5) is 0 Å². The Morgan fingerprint density at radius 3 is 2.61 bits per heavy atom. The van der Waals surface area contributed by atoms with Crippen LogP contribution in [-0.4, -0.2) is 59.6 Å². The van der Waals surface area contributed by atoms with E-state index in [4.69, 9.17) is 9.47 Å². The van der Waals surface area contributed by atoms with Gasteiger partial charge >= 0.3 is 0 Å². The van der Waals surface area contributed by atoms with Gasteiger partial charge in [0, 0.05) is 55.7 Å². The fraction of sp³-hybridized carbons (Fsp3) is 0.333. The summed E-state index contributed by atoms with van der Waals surface area (Å²) in [7, 11) is 0. The summed E-state index contributed by atoms with van der Waals surface area (Å²) in [6, 6.07) is 21.5. The molecule has 3 aromatic rings. The minimum atomic E-state index is 0.00596. The van der Waals surface area contributed by atoms with Gasteiger partial charge in [0.2, 0.25) is 0 Å². The monoisotopic (exact) mass is 445 g/mol. The SMILES string of the molecule is CC(CN1CCOCC1)N(Cc1ccccc1)C(=O)c1cccc(OCc2cccnc2)c1. The fourth-order valence-electron chi connectivity index (χ4n) is 4.00. The molecule has 6 heteroatoms. The van der Waals surface area contributed by atoms with E-state index in [1.165, 1.54) is 0 Å². The van der Waals surface area contributed by atoms with Crippen LogP contribution in [0.15, 0.2) is 79.1 Å². The molecule has 6 nitrogen and oxygen atoms in total. The van der Waals surface area contributed by atoms with E-state index in [1.807, 2.05) is 59.5 Å². The third kappa shape index (κ3) is 6.63. The molecule has 1 amide bonds. The first-order valence-corrected chi connectivity index (χ1v) is 11.5. The number of carbonyl (C=O) groups excluding carboxylic acids is 1. The molecule has 2 aromatic carbocycles. The maximum Gasteiger partial charge on any atom is 0.254 e. The Kier molecular flexibility index (Phi) is 8.06. The van der Waals surface area contributed by atoms with Crippen LogP contribution in [0, 0.1) is 0 Å². The van der Waals surface area contributed by atoms with E-state index >= 15 is 0 Å². The minimum Gasteiger partial charge on any atom is -0.489 e. The Balaban J connectivity index is 1.49. The maximum absolute atomic E-state index is 13.7. The molecule has 1 aliphatic heterocycles. The number of aromatic nitrogens is 1. The van der Waals surface area contributed by atoms with Crippen molar-refractivity contribution in [2.45, 2.75) is 26.1 Å². The number of morpholine rings is 1. The third-order valence-corrected chi connectivity index (χ3v) is 5.82. The lowest BCUT2D eigenvalue weighted by Crippen LogP contribution is -2.48. The molecule has 0 spiro atoms. The first kappa shape index (κ1) is 23.0. The number of amides is 1. The molecular weight excluding hydrogens is 414 g/mol. The van der Waals surface area contributed by atoms with Crippen LogP contribution in [0.3, 0.4) is 0 Å². The van der Waals surface area contributed by atoms with E-state index in [2.05, 4.69) is 28.9 Å². The summed E-state index contributed by atoms with van der Waals surface area (Å²) >= 11 is 0. The van der Waals surface area contributed by atoms with Gasteiger partial charge in [-0.3, -0.25) is 14.7 Å². The highest BCUT2D eigenvalue weighted by Crippen LogP contribution is 2.20. The molecule has 1 unspecified atom stereocenters. The molecular formula is C27H31N3O3. The number of carbonyl (C=O) groups is 1. The van der Waals surface area contributed by atoms with Gasteiger partial charge in [0.05, 0.1) is 13.2 Å². The third-order valence-electron chi connectivity index (χ3n) is 5.82. The van der Waals surface area contributed by atoms with Gasteiger partial charge in [-0.05, 0) is 36.8 Å². The van der Waals surface area contributed by atoms with E-state index in [1.54, 1.807) is 12.4 Å². The predicted octanol–water partition coefficient (Wildman–Crippen LogP) is 4.02. The topological polar surface area (TPSA) is 54.9 Å². The summed E-state index contributed by atoms with van der Waals surface area (Å²) < 4.78 is 11.4. The van der Waals surface area contributed by atoms with Crippen LogP contribution in [-0.2, 0) is 17.9 Å². The number of hydrogen-bond donors (Lipinski definition) is 0. The smallest absolute Gasteiger partial charge is 0.254 e. The van der Waals surface area contributed by atoms with Crippen molar-refractivity contribution in [3.8, 4) is 5.75 Å². The highest BCUT2D eigenvalue weighted by molar-refractivity contribution is 5.94. The summed E-state index contributed by atoms with van der Waals surface area (Å²) in [5.41, 5.74) is 2.73. The van der Waals surface area contributed by atoms with E-state index < -0.39 is 0 Å². The highest BCUT2D eigenvalue weighted by atomic mass is 16.5. The van der Waals surface area contributed by atoms with Crippen molar-refractivity contribution in [3.05, 3.63) is 95.8 Å². The van der Waals surface area contributed by atoms with E-state index in [9.17, 15) is 4.79 Å². The molecule has 4 rings (SSSR count). The van der Waals surface area contributed by atoms with Crippen LogP contribution < -0.4 is 4.74 Å². The number of nitrogens with zero attached hydrogens (tertiary/aromatic N) is 3. The molecule has 172 valence electrons. The average Bonchev–Trinajstić information content (AvgIpc) is 2.87. The molecule has 0 N–H and O–H groups in total. The van der Waals surface area contributed by atoms with Gasteiger partial charge in [-0.25, -0.2) is 0 Å². The first-order valence-electron chi connectivity index (χ1n) is 11.5. The Morgan fingerprint density at radius 1 is 1.06 bits per heavy atom. The summed E-state index contributed by atoms with van der Waals surface area (Å²) in [5, 5.41) is 0. The van der Waals surface area contributed by atoms with Gasteiger partial charge in [-0.1, -0.05) is 42.5 Å². The second-order valence-electron chi connectivity index (χ2n) is 8.36. The lowest BCUT2D eigenvalue weighted by Gasteiger charge is -2.35. The van der Waals surface area contributed by atoms with E-state index in [-0.39, 0.29) is 11.9 Å². The predicted molar refractivity (Wildman–Crippen MR) is 128 cm³/mol. The summed E-state index contributed by atoms with van der Waals surface area (Å²) in [6.45, 7) is 7.20. The van der Waals surface area contributed by atoms with Crippen LogP contribution in [0.5, 0.6) is 5.75 Å². The number of pyridine rings is 1. The molecule has 1 aliphatic rings. The molecule has 1 aromatic heterocycles. The van der Waals surface area contributed by atoms with Crippen molar-refractivity contribution in [1.82, 2.24) is 14.8 Å². The molecule has 0 saturated carbocycles. The number of rotatable bonds is 9. The Morgan fingerprint density at radius 2 is 1.85 bits per heavy atom. The largest absolute Gasteiger partial charge is 0.489 e. The van der Waals surface area contributed by atoms with E-state index in [0.717, 1.165) is 44.0 Å². The number of benzene rings is 2. The molecule has 1 saturated heterocycles. The number of hydrogen-bond acceptors (Lipinski definition) is 5. The molecule has 1 atom stereocenters. The number of ether oxygens (including phenoxy) is 2. The van der Waals surface area contributed by atoms with Crippen LogP contribution in [0.1, 0.15) is 28.4 Å². The molecule has 0 bridgehead atoms. The Labute approximate surface area is 195 Å². The molecule has 0 radical (unpaired) electrons. The van der Waals surface area contributed by atoms with Crippen molar-refractivity contribution in [2.24, 2.45) is 0 Å². The second-order valence-corrected chi connectivity index (χ2v) is 8.36. The zero-order chi connectivity index (χ0) is 22.9. The van der Waals surface area contributed by atoms with Crippen molar-refractivity contribution in [2.75, 3.05) is 32.8 Å². The van der Waals surface area contributed by atoms with Gasteiger partial charge < -0.3 is 14.4 Å². The molecule has 1 fully saturated rings. The van der Waals surface area contributed by atoms with Crippen molar-refractivity contribution in [1.29, 1.82) is 0 Å². The standard InChI is InChI=1S/C27H31N3O3/c1-22(19-29-13-15-32-16-14-29)30(20-23-7-3-2-4-8-23)27(31)25-10-5-11-26(17-25)33-21-24-9-6-12-28-18-24/h2-12,17-18,22H,13-16,19-21H2,1H3. The van der Waals surface area contributed by atoms with Crippen LogP contribution in [0.2, 0.25) is 0 Å². The normalized spacial score (nSPS) is 15.1. The molecule has 33 heavy (non-hydrogen) atoms. The fourth-order valence-corrected chi connectivity index (χ4v) is 4.00. The average molecular weight is 446 g/mol. The molecule has 0 aliphatic carbocycles. The minimum absolute atomic E-state index is 0.00596. The van der Waals surface area contributed by atoms with Crippen molar-refractivity contribution in [3.63, 3.8) is 0 Å². The quantitative estimate of drug-likeness (QED) is 0.498. The molecule has 2 heterocycles. The Hall–Kier alpha value is -3.22. The summed E-state index contributed by atoms with van der Waals surface area (Å²) in [4.78, 5) is 22.1. The lowest BCUT2D eigenvalue weighted by molar-refractivity contribution is 0.0228. The zero-order valence-electron chi connectivity index (χ0n) is 19.1. The van der Waals surface area contributed by atoms with Gasteiger partial charge in [-0.15, -0.1) is 0 Å². The maximum atomic E-state index is 13.7. The highest BCUT2D eigenvalue weighted by Gasteiger charge is 2.25. The lowest BCUT2D eigenvalue weighted by atomic mass is 10.1. The Bertz CT molecular complexity index is 1010. The summed E-state index contributed by atoms with van der Waals surface area (Å²) in [5.74, 6) is 0.677. The van der Waals surface area contributed by atoms with Gasteiger partial charge in [0.1, 0.15) is 12.4 Å². The van der Waals surface area contributed by atoms with Gasteiger partial charge in [-0.2, -0.15) is 0 Å². The van der Waals surface area contributed by atoms with Crippen LogP contribution >= 0.6 is 0 Å². The van der Waals surface area contributed by atoms with Gasteiger partial charge in [0.25, 0.3) is 5.91 Å². The van der Waals surface area contributed by atoms with Gasteiger partial charge in [0.15, 0.2) is 0 Å². The summed E-state index contributed by atoms with van der Waals surface area (Å²) in [6.07, 6.45) is 3.52. The van der Waals surface area contributed by atoms with Crippen molar-refractivity contribution < 1.29 is 14.3 Å². The van der Waals surface area contributed by atoms with E-state index in [0.29, 0.717) is 24.5 Å². The van der Waals surface area contributed by atoms with Crippen LogP contribution in [0.25, 0.3) is 0 Å². The zero-order valence-corrected chi connectivity index (χ0v) is 19.1. The first-order chi connectivity index (χ1) is 16.2. The second kappa shape index (κ2) is 11.6.